The number of carbonyl (C=O) groups excluding carboxylic acids is 1. The van der Waals surface area contributed by atoms with Crippen LogP contribution in [0.25, 0.3) is 10.9 Å². The van der Waals surface area contributed by atoms with Crippen molar-refractivity contribution in [2.45, 2.75) is 26.3 Å². The molecule has 0 aliphatic rings. The molecule has 1 aromatic carbocycles. The van der Waals surface area contributed by atoms with Gasteiger partial charge in [0.1, 0.15) is 0 Å². The van der Waals surface area contributed by atoms with Crippen LogP contribution in [0.15, 0.2) is 30.5 Å². The van der Waals surface area contributed by atoms with E-state index in [0.29, 0.717) is 12.1 Å². The average Bonchev–Trinajstić information content (AvgIpc) is 2.82. The number of nitrogens with one attached hydrogen (secondary N) is 2. The lowest BCUT2D eigenvalue weighted by Crippen LogP contribution is -2.54. The molecule has 2 rings (SSSR count). The van der Waals surface area contributed by atoms with Gasteiger partial charge in [0.05, 0.1) is 11.1 Å². The van der Waals surface area contributed by atoms with Crippen molar-refractivity contribution >= 4 is 16.8 Å². The first kappa shape index (κ1) is 13.6. The number of hydrogen-bond donors (Lipinski definition) is 3. The third-order valence-corrected chi connectivity index (χ3v) is 3.93. The van der Waals surface area contributed by atoms with Crippen molar-refractivity contribution in [3.05, 3.63) is 36.0 Å². The van der Waals surface area contributed by atoms with Gasteiger partial charge in [0.15, 0.2) is 0 Å². The number of carbonyl (C=O) groups is 1. The van der Waals surface area contributed by atoms with Crippen LogP contribution in [0.3, 0.4) is 0 Å². The lowest BCUT2D eigenvalue weighted by molar-refractivity contribution is 0.0885. The van der Waals surface area contributed by atoms with Gasteiger partial charge in [0.25, 0.3) is 5.91 Å². The van der Waals surface area contributed by atoms with Gasteiger partial charge in [-0.25, -0.2) is 0 Å². The molecule has 0 saturated carbocycles. The molecule has 102 valence electrons. The molecule has 19 heavy (non-hydrogen) atoms. The summed E-state index contributed by atoms with van der Waals surface area (Å²) in [6, 6.07) is 7.77. The Labute approximate surface area is 113 Å². The Hall–Kier alpha value is -1.81. The molecule has 1 atom stereocenters. The molecule has 2 aromatic rings. The Kier molecular flexibility index (Phi) is 3.62. The molecule has 4 nitrogen and oxygen atoms in total. The minimum absolute atomic E-state index is 0.0842. The van der Waals surface area contributed by atoms with Crippen LogP contribution in [0.4, 0.5) is 0 Å². The van der Waals surface area contributed by atoms with E-state index in [1.54, 1.807) is 6.20 Å². The summed E-state index contributed by atoms with van der Waals surface area (Å²) >= 11 is 0. The zero-order chi connectivity index (χ0) is 14.0. The Morgan fingerprint density at radius 2 is 2.11 bits per heavy atom. The zero-order valence-corrected chi connectivity index (χ0v) is 11.7. The van der Waals surface area contributed by atoms with Crippen LogP contribution in [-0.4, -0.2) is 23.0 Å². The van der Waals surface area contributed by atoms with E-state index in [0.717, 1.165) is 10.9 Å². The number of rotatable bonds is 4. The molecule has 0 spiro atoms. The predicted octanol–water partition coefficient (Wildman–Crippen LogP) is 2.27. The number of benzene rings is 1. The maximum atomic E-state index is 12.4. The number of para-hydroxylation sites is 1. The number of aromatic nitrogens is 1. The number of fused-ring (bicyclic) bond motifs is 1. The second kappa shape index (κ2) is 5.05. The maximum absolute atomic E-state index is 12.4. The highest BCUT2D eigenvalue weighted by Gasteiger charge is 2.29. The summed E-state index contributed by atoms with van der Waals surface area (Å²) < 4.78 is 0. The van der Waals surface area contributed by atoms with Crippen molar-refractivity contribution in [1.29, 1.82) is 0 Å². The molecular weight excluding hydrogens is 238 g/mol. The summed E-state index contributed by atoms with van der Waals surface area (Å²) in [5.74, 6) is 0.186. The van der Waals surface area contributed by atoms with Crippen molar-refractivity contribution in [1.82, 2.24) is 10.3 Å². The lowest BCUT2D eigenvalue weighted by atomic mass is 9.88. The highest BCUT2D eigenvalue weighted by molar-refractivity contribution is 6.06. The molecule has 4 heteroatoms. The first-order chi connectivity index (χ1) is 8.98. The van der Waals surface area contributed by atoms with E-state index in [-0.39, 0.29) is 11.8 Å². The summed E-state index contributed by atoms with van der Waals surface area (Å²) in [6.07, 6.45) is 1.75. The van der Waals surface area contributed by atoms with Crippen LogP contribution in [0, 0.1) is 5.92 Å². The van der Waals surface area contributed by atoms with Gasteiger partial charge in [0, 0.05) is 23.6 Å². The van der Waals surface area contributed by atoms with E-state index in [4.69, 9.17) is 5.73 Å². The summed E-state index contributed by atoms with van der Waals surface area (Å²) in [7, 11) is 0. The third-order valence-electron chi connectivity index (χ3n) is 3.93. The summed E-state index contributed by atoms with van der Waals surface area (Å²) in [5, 5.41) is 3.99. The molecule has 0 fully saturated rings. The standard InChI is InChI=1S/C15H21N3O/c1-10(2)15(3,9-16)18-14(19)12-8-17-13-7-5-4-6-11(12)13/h4-8,10,17H,9,16H2,1-3H3,(H,18,19). The van der Waals surface area contributed by atoms with E-state index in [1.165, 1.54) is 0 Å². The molecular formula is C15H21N3O. The van der Waals surface area contributed by atoms with Gasteiger partial charge in [-0.1, -0.05) is 32.0 Å². The number of hydrogen-bond acceptors (Lipinski definition) is 2. The summed E-state index contributed by atoms with van der Waals surface area (Å²) in [6.45, 7) is 6.51. The van der Waals surface area contributed by atoms with Gasteiger partial charge in [-0.2, -0.15) is 0 Å². The van der Waals surface area contributed by atoms with Gasteiger partial charge in [-0.15, -0.1) is 0 Å². The van der Waals surface area contributed by atoms with Crippen LogP contribution in [0.1, 0.15) is 31.1 Å². The zero-order valence-electron chi connectivity index (χ0n) is 11.7. The van der Waals surface area contributed by atoms with Crippen LogP contribution in [0.5, 0.6) is 0 Å². The van der Waals surface area contributed by atoms with Crippen LogP contribution in [-0.2, 0) is 0 Å². The summed E-state index contributed by atoms with van der Waals surface area (Å²) in [4.78, 5) is 15.5. The molecule has 0 aliphatic carbocycles. The number of nitrogens with two attached hydrogens (primary N) is 1. The predicted molar refractivity (Wildman–Crippen MR) is 78.1 cm³/mol. The van der Waals surface area contributed by atoms with E-state index < -0.39 is 5.54 Å². The van der Waals surface area contributed by atoms with Gasteiger partial charge in [-0.05, 0) is 18.9 Å². The number of aromatic amines is 1. The van der Waals surface area contributed by atoms with E-state index in [2.05, 4.69) is 24.1 Å². The normalized spacial score (nSPS) is 14.6. The molecule has 0 bridgehead atoms. The van der Waals surface area contributed by atoms with Gasteiger partial charge >= 0.3 is 0 Å². The van der Waals surface area contributed by atoms with Gasteiger partial charge < -0.3 is 16.0 Å². The maximum Gasteiger partial charge on any atom is 0.253 e. The fraction of sp³-hybridized carbons (Fsp3) is 0.400. The highest BCUT2D eigenvalue weighted by atomic mass is 16.1. The highest BCUT2D eigenvalue weighted by Crippen LogP contribution is 2.20. The average molecular weight is 259 g/mol. The van der Waals surface area contributed by atoms with Gasteiger partial charge in [-0.3, -0.25) is 4.79 Å². The smallest absolute Gasteiger partial charge is 0.253 e. The second-order valence-electron chi connectivity index (χ2n) is 5.48. The Balaban J connectivity index is 2.30. The fourth-order valence-electron chi connectivity index (χ4n) is 2.02. The van der Waals surface area contributed by atoms with Crippen molar-refractivity contribution < 1.29 is 4.79 Å². The summed E-state index contributed by atoms with van der Waals surface area (Å²) in [5.41, 5.74) is 7.03. The molecule has 0 aliphatic heterocycles. The molecule has 1 aromatic heterocycles. The van der Waals surface area contributed by atoms with Crippen LogP contribution >= 0.6 is 0 Å². The first-order valence-electron chi connectivity index (χ1n) is 6.56. The molecule has 1 heterocycles. The fourth-order valence-corrected chi connectivity index (χ4v) is 2.02. The number of amides is 1. The minimum Gasteiger partial charge on any atom is -0.360 e. The van der Waals surface area contributed by atoms with E-state index in [9.17, 15) is 4.79 Å². The van der Waals surface area contributed by atoms with E-state index >= 15 is 0 Å². The molecule has 1 amide bonds. The Morgan fingerprint density at radius 1 is 1.42 bits per heavy atom. The van der Waals surface area contributed by atoms with Crippen LogP contribution < -0.4 is 11.1 Å². The quantitative estimate of drug-likeness (QED) is 0.788. The monoisotopic (exact) mass is 259 g/mol. The van der Waals surface area contributed by atoms with Crippen molar-refractivity contribution in [2.75, 3.05) is 6.54 Å². The lowest BCUT2D eigenvalue weighted by Gasteiger charge is -2.33. The largest absolute Gasteiger partial charge is 0.360 e. The van der Waals surface area contributed by atoms with Gasteiger partial charge in [0.2, 0.25) is 0 Å². The minimum atomic E-state index is -0.393. The van der Waals surface area contributed by atoms with E-state index in [1.807, 2.05) is 31.2 Å². The topological polar surface area (TPSA) is 70.9 Å². The molecule has 4 N–H and O–H groups in total. The SMILES string of the molecule is CC(C)C(C)(CN)NC(=O)c1c[nH]c2ccccc12. The number of H-pyrrole nitrogens is 1. The van der Waals surface area contributed by atoms with Crippen molar-refractivity contribution in [3.63, 3.8) is 0 Å². The van der Waals surface area contributed by atoms with Crippen LogP contribution in [0.2, 0.25) is 0 Å². The Morgan fingerprint density at radius 3 is 2.74 bits per heavy atom. The molecule has 0 radical (unpaired) electrons. The van der Waals surface area contributed by atoms with Crippen molar-refractivity contribution in [3.8, 4) is 0 Å². The Bertz CT molecular complexity index is 588. The second-order valence-corrected chi connectivity index (χ2v) is 5.48. The molecule has 0 saturated heterocycles. The van der Waals surface area contributed by atoms with Crippen molar-refractivity contribution in [2.24, 2.45) is 11.7 Å². The third kappa shape index (κ3) is 2.49. The first-order valence-corrected chi connectivity index (χ1v) is 6.56. The molecule has 1 unspecified atom stereocenters.